The average Bonchev–Trinajstić information content (AvgIpc) is 2.74. The van der Waals surface area contributed by atoms with Crippen LogP contribution >= 0.6 is 0 Å². The van der Waals surface area contributed by atoms with Gasteiger partial charge in [0.15, 0.2) is 0 Å². The molecule has 0 bridgehead atoms. The maximum absolute atomic E-state index is 12.7. The van der Waals surface area contributed by atoms with Gasteiger partial charge in [0.2, 0.25) is 0 Å². The molecule has 1 aromatic carbocycles. The molecule has 3 amide bonds. The van der Waals surface area contributed by atoms with Crippen LogP contribution in [0.25, 0.3) is 0 Å². The number of aryl methyl sites for hydroxylation is 1. The minimum atomic E-state index is -2.56. The second-order valence-corrected chi connectivity index (χ2v) is 5.88. The first-order valence-electron chi connectivity index (χ1n) is 7.59. The van der Waals surface area contributed by atoms with Crippen molar-refractivity contribution in [3.63, 3.8) is 0 Å². The highest BCUT2D eigenvalue weighted by molar-refractivity contribution is 6.07. The van der Waals surface area contributed by atoms with Crippen LogP contribution in [0, 0.1) is 0 Å². The Balaban J connectivity index is 1.67. The summed E-state index contributed by atoms with van der Waals surface area (Å²) in [6.45, 7) is -0.793. The third-order valence-corrected chi connectivity index (χ3v) is 4.38. The molecule has 5 nitrogen and oxygen atoms in total. The second kappa shape index (κ2) is 6.23. The molecule has 0 radical (unpaired) electrons. The first-order valence-corrected chi connectivity index (χ1v) is 7.59. The summed E-state index contributed by atoms with van der Waals surface area (Å²) in [5.74, 6) is -0.294. The number of hydrogen-bond donors (Lipinski definition) is 1. The Hall–Kier alpha value is -2.02. The summed E-state index contributed by atoms with van der Waals surface area (Å²) in [5.41, 5.74) is 1.34. The number of benzene rings is 1. The monoisotopic (exact) mass is 324 g/mol. The van der Waals surface area contributed by atoms with Crippen LogP contribution in [-0.4, -0.2) is 48.6 Å². The van der Waals surface area contributed by atoms with Crippen molar-refractivity contribution in [1.82, 2.24) is 10.2 Å². The number of nitrogens with zero attached hydrogens (tertiary/aromatic N) is 1. The summed E-state index contributed by atoms with van der Waals surface area (Å²) < 4.78 is 28.8. The van der Waals surface area contributed by atoms with E-state index in [-0.39, 0.29) is 19.1 Å². The van der Waals surface area contributed by atoms with Crippen molar-refractivity contribution in [3.05, 3.63) is 35.4 Å². The smallest absolute Gasteiger partial charge is 0.325 e. The molecule has 0 saturated carbocycles. The van der Waals surface area contributed by atoms with Gasteiger partial charge in [-0.2, -0.15) is 0 Å². The molecule has 7 heteroatoms. The Morgan fingerprint density at radius 3 is 2.74 bits per heavy atom. The maximum atomic E-state index is 12.7. The summed E-state index contributed by atoms with van der Waals surface area (Å²) in [7, 11) is 0. The molecule has 1 saturated heterocycles. The molecular formula is C16H18F2N2O3. The number of urea groups is 1. The third kappa shape index (κ3) is 3.06. The van der Waals surface area contributed by atoms with Gasteiger partial charge in [0.25, 0.3) is 12.3 Å². The fraction of sp³-hybridized carbons (Fsp3) is 0.500. The summed E-state index contributed by atoms with van der Waals surface area (Å²) in [6, 6.07) is 7.38. The zero-order valence-corrected chi connectivity index (χ0v) is 12.6. The van der Waals surface area contributed by atoms with E-state index < -0.39 is 24.6 Å². The molecule has 1 aliphatic carbocycles. The van der Waals surface area contributed by atoms with E-state index in [4.69, 9.17) is 4.74 Å². The zero-order valence-electron chi connectivity index (χ0n) is 12.6. The SMILES string of the molecule is O=C1N[C@@]2(CCc3ccccc3C2)C(=O)N1CCOCC(F)F. The Labute approximate surface area is 132 Å². The summed E-state index contributed by atoms with van der Waals surface area (Å²) >= 11 is 0. The van der Waals surface area contributed by atoms with Crippen molar-refractivity contribution in [2.75, 3.05) is 19.8 Å². The number of carbonyl (C=O) groups is 2. The Bertz CT molecular complexity index is 623. The van der Waals surface area contributed by atoms with Crippen LogP contribution in [0.2, 0.25) is 0 Å². The standard InChI is InChI=1S/C16H18F2N2O3/c17-13(18)10-23-8-7-20-14(21)16(19-15(20)22)6-5-11-3-1-2-4-12(11)9-16/h1-4,13H,5-10H2,(H,19,22)/t16-/m1/s1. The van der Waals surface area contributed by atoms with Crippen molar-refractivity contribution < 1.29 is 23.1 Å². The van der Waals surface area contributed by atoms with E-state index in [1.54, 1.807) is 0 Å². The molecule has 0 aromatic heterocycles. The normalized spacial score (nSPS) is 23.5. The molecule has 1 fully saturated rings. The minimum Gasteiger partial charge on any atom is -0.374 e. The Morgan fingerprint density at radius 1 is 1.26 bits per heavy atom. The average molecular weight is 324 g/mol. The van der Waals surface area contributed by atoms with Crippen LogP contribution in [0.4, 0.5) is 13.6 Å². The Kier molecular flexibility index (Phi) is 4.30. The molecule has 0 unspecified atom stereocenters. The molecule has 124 valence electrons. The Morgan fingerprint density at radius 2 is 2.00 bits per heavy atom. The van der Waals surface area contributed by atoms with Crippen molar-refractivity contribution >= 4 is 11.9 Å². The summed E-state index contributed by atoms with van der Waals surface area (Å²) in [6.07, 6.45) is -0.831. The molecule has 2 aliphatic rings. The first kappa shape index (κ1) is 15.9. The van der Waals surface area contributed by atoms with Crippen LogP contribution < -0.4 is 5.32 Å². The van der Waals surface area contributed by atoms with Crippen LogP contribution in [0.5, 0.6) is 0 Å². The van der Waals surface area contributed by atoms with Crippen molar-refractivity contribution in [2.45, 2.75) is 31.2 Å². The second-order valence-electron chi connectivity index (χ2n) is 5.88. The number of ether oxygens (including phenoxy) is 1. The highest BCUT2D eigenvalue weighted by atomic mass is 19.3. The van der Waals surface area contributed by atoms with Gasteiger partial charge in [0.1, 0.15) is 12.1 Å². The van der Waals surface area contributed by atoms with Gasteiger partial charge in [-0.15, -0.1) is 0 Å². The van der Waals surface area contributed by atoms with E-state index in [0.717, 1.165) is 16.9 Å². The van der Waals surface area contributed by atoms with Gasteiger partial charge in [-0.3, -0.25) is 9.69 Å². The predicted octanol–water partition coefficient (Wildman–Crippen LogP) is 1.75. The van der Waals surface area contributed by atoms with Gasteiger partial charge in [-0.05, 0) is 24.0 Å². The van der Waals surface area contributed by atoms with Crippen LogP contribution in [-0.2, 0) is 22.4 Å². The van der Waals surface area contributed by atoms with Gasteiger partial charge in [-0.25, -0.2) is 13.6 Å². The topological polar surface area (TPSA) is 58.6 Å². The number of rotatable bonds is 5. The number of fused-ring (bicyclic) bond motifs is 1. The van der Waals surface area contributed by atoms with Crippen LogP contribution in [0.1, 0.15) is 17.5 Å². The van der Waals surface area contributed by atoms with E-state index in [1.807, 2.05) is 24.3 Å². The molecule has 1 heterocycles. The number of nitrogens with one attached hydrogen (secondary N) is 1. The van der Waals surface area contributed by atoms with E-state index in [9.17, 15) is 18.4 Å². The molecule has 1 aromatic rings. The highest BCUT2D eigenvalue weighted by Crippen LogP contribution is 2.33. The fourth-order valence-corrected chi connectivity index (χ4v) is 3.23. The predicted molar refractivity (Wildman–Crippen MR) is 78.3 cm³/mol. The molecule has 23 heavy (non-hydrogen) atoms. The van der Waals surface area contributed by atoms with Gasteiger partial charge < -0.3 is 10.1 Å². The van der Waals surface area contributed by atoms with Gasteiger partial charge in [0.05, 0.1) is 13.2 Å². The largest absolute Gasteiger partial charge is 0.374 e. The number of alkyl halides is 2. The van der Waals surface area contributed by atoms with Gasteiger partial charge in [0, 0.05) is 6.42 Å². The molecular weight excluding hydrogens is 306 g/mol. The van der Waals surface area contributed by atoms with Crippen molar-refractivity contribution in [3.8, 4) is 0 Å². The molecule has 1 aliphatic heterocycles. The number of amides is 3. The summed E-state index contributed by atoms with van der Waals surface area (Å²) in [5, 5.41) is 2.79. The minimum absolute atomic E-state index is 0.0131. The van der Waals surface area contributed by atoms with E-state index in [0.29, 0.717) is 12.8 Å². The zero-order chi connectivity index (χ0) is 16.4. The van der Waals surface area contributed by atoms with Crippen LogP contribution in [0.3, 0.4) is 0 Å². The lowest BCUT2D eigenvalue weighted by atomic mass is 9.78. The number of halogens is 2. The maximum Gasteiger partial charge on any atom is 0.325 e. The quantitative estimate of drug-likeness (QED) is 0.663. The number of imide groups is 1. The number of carbonyl (C=O) groups excluding carboxylic acids is 2. The van der Waals surface area contributed by atoms with Crippen LogP contribution in [0.15, 0.2) is 24.3 Å². The third-order valence-electron chi connectivity index (χ3n) is 4.38. The first-order chi connectivity index (χ1) is 11.0. The number of hydrogen-bond acceptors (Lipinski definition) is 3. The molecule has 1 N–H and O–H groups in total. The highest BCUT2D eigenvalue weighted by Gasteiger charge is 2.52. The lowest BCUT2D eigenvalue weighted by Gasteiger charge is -2.32. The molecule has 1 spiro atoms. The lowest BCUT2D eigenvalue weighted by Crippen LogP contribution is -2.51. The van der Waals surface area contributed by atoms with Crippen molar-refractivity contribution in [2.24, 2.45) is 0 Å². The molecule has 1 atom stereocenters. The fourth-order valence-electron chi connectivity index (χ4n) is 3.23. The van der Waals surface area contributed by atoms with E-state index >= 15 is 0 Å². The van der Waals surface area contributed by atoms with Gasteiger partial charge in [-0.1, -0.05) is 24.3 Å². The molecule has 3 rings (SSSR count). The van der Waals surface area contributed by atoms with E-state index in [1.165, 1.54) is 5.56 Å². The summed E-state index contributed by atoms with van der Waals surface area (Å²) in [4.78, 5) is 25.8. The van der Waals surface area contributed by atoms with Crippen molar-refractivity contribution in [1.29, 1.82) is 0 Å². The lowest BCUT2D eigenvalue weighted by molar-refractivity contribution is -0.132. The van der Waals surface area contributed by atoms with E-state index in [2.05, 4.69) is 5.32 Å². The van der Waals surface area contributed by atoms with Gasteiger partial charge >= 0.3 is 6.03 Å².